The van der Waals surface area contributed by atoms with Crippen molar-refractivity contribution in [3.05, 3.63) is 237 Å². The van der Waals surface area contributed by atoms with Gasteiger partial charge in [0, 0.05) is 37.2 Å². The first-order valence-corrected chi connectivity index (χ1v) is 21.3. The molecule has 0 bridgehead atoms. The lowest BCUT2D eigenvalue weighted by molar-refractivity contribution is 1.28. The highest BCUT2D eigenvalue weighted by molar-refractivity contribution is 7.26. The van der Waals surface area contributed by atoms with Gasteiger partial charge in [-0.3, -0.25) is 0 Å². The lowest BCUT2D eigenvalue weighted by Crippen LogP contribution is -2.10. The molecule has 2 heteroatoms. The van der Waals surface area contributed by atoms with E-state index in [1.165, 1.54) is 86.6 Å². The van der Waals surface area contributed by atoms with Crippen LogP contribution in [0.1, 0.15) is 0 Å². The van der Waals surface area contributed by atoms with E-state index >= 15 is 0 Å². The van der Waals surface area contributed by atoms with Crippen molar-refractivity contribution >= 4 is 59.3 Å². The summed E-state index contributed by atoms with van der Waals surface area (Å²) in [5, 5.41) is 5.14. The SMILES string of the molecule is c1ccc(-c2ccc(-c3ccc(N(c4ccc(-c5cccc(-c6cccc7c6sc6ccccc67)c5)cc4)c4cccc(-c5cccc6ccccc56)c4)cc3)cc2)cc1. The third-order valence-corrected chi connectivity index (χ3v) is 12.9. The number of nitrogens with zero attached hydrogens (tertiary/aromatic N) is 1. The zero-order chi connectivity index (χ0) is 39.8. The smallest absolute Gasteiger partial charge is 0.0467 e. The molecule has 0 fully saturated rings. The Labute approximate surface area is 354 Å². The van der Waals surface area contributed by atoms with E-state index in [0.29, 0.717) is 0 Å². The third kappa shape index (κ3) is 6.63. The summed E-state index contributed by atoms with van der Waals surface area (Å²) >= 11 is 1.88. The van der Waals surface area contributed by atoms with Gasteiger partial charge in [0.2, 0.25) is 0 Å². The number of fused-ring (bicyclic) bond motifs is 4. The Hall–Kier alpha value is -7.52. The maximum absolute atomic E-state index is 2.37. The van der Waals surface area contributed by atoms with E-state index in [1.54, 1.807) is 0 Å². The van der Waals surface area contributed by atoms with Gasteiger partial charge in [-0.2, -0.15) is 0 Å². The molecule has 0 radical (unpaired) electrons. The lowest BCUT2D eigenvalue weighted by atomic mass is 9.97. The minimum absolute atomic E-state index is 1.10. The molecule has 60 heavy (non-hydrogen) atoms. The molecule has 1 heterocycles. The minimum Gasteiger partial charge on any atom is -0.310 e. The van der Waals surface area contributed by atoms with E-state index in [1.807, 2.05) is 11.3 Å². The first-order chi connectivity index (χ1) is 29.7. The van der Waals surface area contributed by atoms with Crippen molar-refractivity contribution in [2.45, 2.75) is 0 Å². The maximum Gasteiger partial charge on any atom is 0.0467 e. The second-order valence-electron chi connectivity index (χ2n) is 15.3. The molecule has 0 atom stereocenters. The molecule has 0 saturated carbocycles. The summed E-state index contributed by atoms with van der Waals surface area (Å²) in [5.41, 5.74) is 15.4. The predicted octanol–water partition coefficient (Wildman–Crippen LogP) is 17.0. The monoisotopic (exact) mass is 781 g/mol. The molecular weight excluding hydrogens is 743 g/mol. The summed E-state index contributed by atoms with van der Waals surface area (Å²) in [6.07, 6.45) is 0. The fraction of sp³-hybridized carbons (Fsp3) is 0. The topological polar surface area (TPSA) is 3.24 Å². The molecule has 11 rings (SSSR count). The van der Waals surface area contributed by atoms with Gasteiger partial charge < -0.3 is 4.90 Å². The zero-order valence-electron chi connectivity index (χ0n) is 32.9. The molecular formula is C58H39NS. The number of anilines is 3. The summed E-state index contributed by atoms with van der Waals surface area (Å²) in [5.74, 6) is 0. The van der Waals surface area contributed by atoms with Gasteiger partial charge in [-0.1, -0.05) is 188 Å². The lowest BCUT2D eigenvalue weighted by Gasteiger charge is -2.26. The number of benzene rings is 10. The Morgan fingerprint density at radius 3 is 1.47 bits per heavy atom. The van der Waals surface area contributed by atoms with Crippen LogP contribution in [0.25, 0.3) is 86.6 Å². The highest BCUT2D eigenvalue weighted by Crippen LogP contribution is 2.42. The molecule has 0 spiro atoms. The largest absolute Gasteiger partial charge is 0.310 e. The summed E-state index contributed by atoms with van der Waals surface area (Å²) in [4.78, 5) is 2.37. The van der Waals surface area contributed by atoms with Gasteiger partial charge in [0.25, 0.3) is 0 Å². The second-order valence-corrected chi connectivity index (χ2v) is 16.4. The van der Waals surface area contributed by atoms with Crippen LogP contribution in [-0.2, 0) is 0 Å². The molecule has 0 aliphatic heterocycles. The molecule has 0 unspecified atom stereocenters. The fourth-order valence-electron chi connectivity index (χ4n) is 8.67. The van der Waals surface area contributed by atoms with Gasteiger partial charge in [0.05, 0.1) is 0 Å². The van der Waals surface area contributed by atoms with Crippen LogP contribution in [0.5, 0.6) is 0 Å². The third-order valence-electron chi connectivity index (χ3n) is 11.7. The van der Waals surface area contributed by atoms with Crippen LogP contribution in [0, 0.1) is 0 Å². The average Bonchev–Trinajstić information content (AvgIpc) is 3.72. The molecule has 1 aromatic heterocycles. The normalized spacial score (nSPS) is 11.3. The van der Waals surface area contributed by atoms with Crippen molar-refractivity contribution < 1.29 is 0 Å². The van der Waals surface area contributed by atoms with Crippen molar-refractivity contribution in [2.75, 3.05) is 4.90 Å². The minimum atomic E-state index is 1.10. The van der Waals surface area contributed by atoms with E-state index in [2.05, 4.69) is 241 Å². The molecule has 1 nitrogen and oxygen atoms in total. The van der Waals surface area contributed by atoms with Crippen LogP contribution in [0.2, 0.25) is 0 Å². The first kappa shape index (κ1) is 35.6. The Bertz CT molecular complexity index is 3280. The summed E-state index contributed by atoms with van der Waals surface area (Å²) < 4.78 is 2.66. The summed E-state index contributed by atoms with van der Waals surface area (Å²) in [6, 6.07) is 86.0. The van der Waals surface area contributed by atoms with Gasteiger partial charge in [-0.05, 0) is 115 Å². The van der Waals surface area contributed by atoms with Crippen LogP contribution in [0.3, 0.4) is 0 Å². The number of hydrogen-bond acceptors (Lipinski definition) is 2. The molecule has 0 amide bonds. The molecule has 11 aromatic rings. The van der Waals surface area contributed by atoms with Crippen molar-refractivity contribution in [3.63, 3.8) is 0 Å². The Morgan fingerprint density at radius 2 is 0.733 bits per heavy atom. The van der Waals surface area contributed by atoms with Gasteiger partial charge in [-0.25, -0.2) is 0 Å². The molecule has 0 aliphatic rings. The number of rotatable bonds is 8. The fourth-order valence-corrected chi connectivity index (χ4v) is 9.91. The van der Waals surface area contributed by atoms with E-state index in [9.17, 15) is 0 Å². The van der Waals surface area contributed by atoms with Crippen molar-refractivity contribution in [2.24, 2.45) is 0 Å². The highest BCUT2D eigenvalue weighted by Gasteiger charge is 2.16. The van der Waals surface area contributed by atoms with Crippen LogP contribution in [-0.4, -0.2) is 0 Å². The Morgan fingerprint density at radius 1 is 0.267 bits per heavy atom. The van der Waals surface area contributed by atoms with E-state index in [4.69, 9.17) is 0 Å². The van der Waals surface area contributed by atoms with Crippen molar-refractivity contribution in [3.8, 4) is 55.6 Å². The molecule has 0 aliphatic carbocycles. The Kier molecular flexibility index (Phi) is 9.11. The number of hydrogen-bond donors (Lipinski definition) is 0. The number of thiophene rings is 1. The zero-order valence-corrected chi connectivity index (χ0v) is 33.7. The maximum atomic E-state index is 2.37. The molecule has 0 N–H and O–H groups in total. The molecule has 282 valence electrons. The quantitative estimate of drug-likeness (QED) is 0.148. The predicted molar refractivity (Wildman–Crippen MR) is 259 cm³/mol. The van der Waals surface area contributed by atoms with Gasteiger partial charge in [-0.15, -0.1) is 11.3 Å². The van der Waals surface area contributed by atoms with Gasteiger partial charge >= 0.3 is 0 Å². The standard InChI is InChI=1S/C58H39NS/c1-2-12-40(13-3-1)41-26-28-42(29-27-41)43-30-34-49(35-31-43)59(51-19-9-18-48(39-51)53-22-10-15-45-14-4-5-20-52(45)53)50-36-32-44(33-37-50)46-16-8-17-47(38-46)54-23-11-24-56-55-21-6-7-25-57(55)60-58(54)56/h1-39H. The summed E-state index contributed by atoms with van der Waals surface area (Å²) in [7, 11) is 0. The second kappa shape index (κ2) is 15.3. The van der Waals surface area contributed by atoms with E-state index in [0.717, 1.165) is 17.1 Å². The first-order valence-electron chi connectivity index (χ1n) is 20.5. The van der Waals surface area contributed by atoms with E-state index in [-0.39, 0.29) is 0 Å². The average molecular weight is 782 g/mol. The molecule has 0 saturated heterocycles. The Balaban J connectivity index is 0.962. The van der Waals surface area contributed by atoms with E-state index < -0.39 is 0 Å². The van der Waals surface area contributed by atoms with Gasteiger partial charge in [0.15, 0.2) is 0 Å². The van der Waals surface area contributed by atoms with Crippen molar-refractivity contribution in [1.82, 2.24) is 0 Å². The molecule has 10 aromatic carbocycles. The van der Waals surface area contributed by atoms with Crippen LogP contribution < -0.4 is 4.90 Å². The highest BCUT2D eigenvalue weighted by atomic mass is 32.1. The van der Waals surface area contributed by atoms with Crippen LogP contribution >= 0.6 is 11.3 Å². The van der Waals surface area contributed by atoms with Gasteiger partial charge in [0.1, 0.15) is 0 Å². The van der Waals surface area contributed by atoms with Crippen LogP contribution in [0.4, 0.5) is 17.1 Å². The summed E-state index contributed by atoms with van der Waals surface area (Å²) in [6.45, 7) is 0. The van der Waals surface area contributed by atoms with Crippen LogP contribution in [0.15, 0.2) is 237 Å². The van der Waals surface area contributed by atoms with Crippen molar-refractivity contribution in [1.29, 1.82) is 0 Å².